The lowest BCUT2D eigenvalue weighted by atomic mass is 10.3. The Hall–Kier alpha value is -2.05. The molecule has 0 saturated heterocycles. The maximum atomic E-state index is 11.3. The summed E-state index contributed by atoms with van der Waals surface area (Å²) in [5.74, 6) is -0.356. The van der Waals surface area contributed by atoms with Crippen molar-refractivity contribution in [3.8, 4) is 5.75 Å². The van der Waals surface area contributed by atoms with Crippen LogP contribution in [0.5, 0.6) is 5.75 Å². The molecule has 1 unspecified atom stereocenters. The van der Waals surface area contributed by atoms with Crippen molar-refractivity contribution in [2.24, 2.45) is 7.05 Å². The van der Waals surface area contributed by atoms with Crippen LogP contribution in [0.1, 0.15) is 6.92 Å². The van der Waals surface area contributed by atoms with Gasteiger partial charge in [-0.05, 0) is 0 Å². The smallest absolute Gasteiger partial charge is 0.331 e. The number of rotatable bonds is 5. The Morgan fingerprint density at radius 3 is 2.76 bits per heavy atom. The lowest BCUT2D eigenvalue weighted by Crippen LogP contribution is -2.44. The second-order valence-corrected chi connectivity index (χ2v) is 3.44. The van der Waals surface area contributed by atoms with Crippen LogP contribution in [-0.4, -0.2) is 41.4 Å². The molecule has 17 heavy (non-hydrogen) atoms. The van der Waals surface area contributed by atoms with Gasteiger partial charge in [-0.25, -0.2) is 4.79 Å². The summed E-state index contributed by atoms with van der Waals surface area (Å²) in [7, 11) is 3.00. The van der Waals surface area contributed by atoms with E-state index in [1.54, 1.807) is 17.9 Å². The molecule has 0 fully saturated rings. The van der Waals surface area contributed by atoms with E-state index in [1.807, 2.05) is 0 Å². The normalized spacial score (nSPS) is 11.7. The summed E-state index contributed by atoms with van der Waals surface area (Å²) >= 11 is 0. The minimum absolute atomic E-state index is 0.00204. The summed E-state index contributed by atoms with van der Waals surface area (Å²) in [6, 6.07) is -0.822. The number of hydrogen-bond acceptors (Lipinski definition) is 5. The average molecular weight is 241 g/mol. The maximum absolute atomic E-state index is 11.3. The second-order valence-electron chi connectivity index (χ2n) is 3.44. The van der Waals surface area contributed by atoms with Crippen LogP contribution in [0.4, 0.5) is 0 Å². The molecule has 0 aromatic carbocycles. The van der Waals surface area contributed by atoms with Crippen LogP contribution in [0.3, 0.4) is 0 Å². The van der Waals surface area contributed by atoms with Gasteiger partial charge in [0.25, 0.3) is 0 Å². The van der Waals surface area contributed by atoms with Crippen LogP contribution in [0, 0.1) is 0 Å². The fourth-order valence-corrected chi connectivity index (χ4v) is 1.21. The number of aromatic nitrogens is 2. The van der Waals surface area contributed by atoms with E-state index in [4.69, 9.17) is 4.74 Å². The third-order valence-electron chi connectivity index (χ3n) is 1.96. The van der Waals surface area contributed by atoms with Gasteiger partial charge in [-0.1, -0.05) is 0 Å². The highest BCUT2D eigenvalue weighted by Gasteiger charge is 2.21. The van der Waals surface area contributed by atoms with E-state index >= 15 is 0 Å². The van der Waals surface area contributed by atoms with E-state index in [9.17, 15) is 9.59 Å². The molecule has 1 aromatic heterocycles. The molecule has 7 heteroatoms. The summed E-state index contributed by atoms with van der Waals surface area (Å²) in [6.07, 6.45) is 3.17. The van der Waals surface area contributed by atoms with Gasteiger partial charge in [0, 0.05) is 14.0 Å². The molecule has 0 aliphatic rings. The minimum Gasteiger partial charge on any atom is -0.488 e. The average Bonchev–Trinajstić information content (AvgIpc) is 2.68. The monoisotopic (exact) mass is 241 g/mol. The van der Waals surface area contributed by atoms with E-state index in [2.05, 4.69) is 15.2 Å². The molecule has 0 bridgehead atoms. The van der Waals surface area contributed by atoms with Gasteiger partial charge < -0.3 is 14.8 Å². The third-order valence-corrected chi connectivity index (χ3v) is 1.96. The lowest BCUT2D eigenvalue weighted by molar-refractivity contribution is -0.145. The minimum atomic E-state index is -0.822. The molecule has 1 rings (SSSR count). The Morgan fingerprint density at radius 1 is 1.59 bits per heavy atom. The third kappa shape index (κ3) is 4.13. The summed E-state index contributed by atoms with van der Waals surface area (Å²) < 4.78 is 11.4. The highest BCUT2D eigenvalue weighted by molar-refractivity contribution is 5.83. The van der Waals surface area contributed by atoms with Crippen molar-refractivity contribution >= 4 is 11.9 Å². The largest absolute Gasteiger partial charge is 0.488 e. The van der Waals surface area contributed by atoms with Crippen LogP contribution in [0.25, 0.3) is 0 Å². The first-order chi connectivity index (χ1) is 8.02. The Labute approximate surface area is 98.7 Å². The Bertz CT molecular complexity index is 402. The lowest BCUT2D eigenvalue weighted by Gasteiger charge is -2.15. The number of aryl methyl sites for hydroxylation is 1. The quantitative estimate of drug-likeness (QED) is 0.701. The van der Waals surface area contributed by atoms with Crippen LogP contribution in [-0.2, 0) is 21.4 Å². The maximum Gasteiger partial charge on any atom is 0.331 e. The summed E-state index contributed by atoms with van der Waals surface area (Å²) in [5, 5.41) is 6.35. The van der Waals surface area contributed by atoms with Gasteiger partial charge in [-0.3, -0.25) is 9.48 Å². The fraction of sp³-hybridized carbons (Fsp3) is 0.500. The number of methoxy groups -OCH3 is 1. The van der Waals surface area contributed by atoms with Gasteiger partial charge in [0.15, 0.2) is 11.8 Å². The number of hydrogen-bond donors (Lipinski definition) is 1. The van der Waals surface area contributed by atoms with E-state index < -0.39 is 12.0 Å². The van der Waals surface area contributed by atoms with Crippen molar-refractivity contribution < 1.29 is 19.1 Å². The Morgan fingerprint density at radius 2 is 2.29 bits per heavy atom. The van der Waals surface area contributed by atoms with E-state index in [0.717, 1.165) is 0 Å². The number of esters is 1. The van der Waals surface area contributed by atoms with Gasteiger partial charge in [0.05, 0.1) is 19.5 Å². The highest BCUT2D eigenvalue weighted by Crippen LogP contribution is 2.07. The van der Waals surface area contributed by atoms with E-state index in [1.165, 1.54) is 20.2 Å². The number of ether oxygens (including phenoxy) is 2. The fourth-order valence-electron chi connectivity index (χ4n) is 1.21. The molecule has 1 amide bonds. The molecule has 0 spiro atoms. The molecule has 0 aliphatic carbocycles. The Balaban J connectivity index is 2.54. The zero-order chi connectivity index (χ0) is 12.8. The van der Waals surface area contributed by atoms with Gasteiger partial charge >= 0.3 is 5.97 Å². The molecule has 1 heterocycles. The number of amides is 1. The van der Waals surface area contributed by atoms with Crippen molar-refractivity contribution in [1.82, 2.24) is 15.1 Å². The van der Waals surface area contributed by atoms with Crippen molar-refractivity contribution in [3.05, 3.63) is 12.4 Å². The first kappa shape index (κ1) is 13.0. The van der Waals surface area contributed by atoms with Crippen molar-refractivity contribution in [3.63, 3.8) is 0 Å². The molecule has 0 radical (unpaired) electrons. The predicted octanol–water partition coefficient (Wildman–Crippen LogP) is -0.523. The van der Waals surface area contributed by atoms with Crippen LogP contribution < -0.4 is 10.1 Å². The second kappa shape index (κ2) is 5.88. The van der Waals surface area contributed by atoms with Gasteiger partial charge in [-0.15, -0.1) is 0 Å². The number of carbonyl (C=O) groups excluding carboxylic acids is 2. The molecule has 94 valence electrons. The Kier molecular flexibility index (Phi) is 4.50. The topological polar surface area (TPSA) is 82.4 Å². The zero-order valence-corrected chi connectivity index (χ0v) is 9.97. The van der Waals surface area contributed by atoms with Gasteiger partial charge in [0.2, 0.25) is 5.91 Å². The van der Waals surface area contributed by atoms with E-state index in [-0.39, 0.29) is 12.5 Å². The summed E-state index contributed by atoms with van der Waals surface area (Å²) in [4.78, 5) is 22.2. The predicted molar refractivity (Wildman–Crippen MR) is 58.3 cm³/mol. The molecule has 1 N–H and O–H groups in total. The summed E-state index contributed by atoms with van der Waals surface area (Å²) in [6.45, 7) is 1.32. The first-order valence-electron chi connectivity index (χ1n) is 4.99. The van der Waals surface area contributed by atoms with Gasteiger partial charge in [0.1, 0.15) is 6.61 Å². The molecule has 0 aliphatic heterocycles. The molecule has 1 aromatic rings. The number of nitrogens with zero attached hydrogens (tertiary/aromatic N) is 2. The number of carbonyl (C=O) groups is 2. The molecule has 7 nitrogen and oxygen atoms in total. The standard InChI is InChI=1S/C10H15N3O4/c1-7(14)12-9(10(15)16-3)6-17-8-4-11-13(2)5-8/h4-5,9H,6H2,1-3H3,(H,12,14). The van der Waals surface area contributed by atoms with Crippen molar-refractivity contribution in [2.45, 2.75) is 13.0 Å². The number of nitrogens with one attached hydrogen (secondary N) is 1. The van der Waals surface area contributed by atoms with E-state index in [0.29, 0.717) is 5.75 Å². The summed E-state index contributed by atoms with van der Waals surface area (Å²) in [5.41, 5.74) is 0. The van der Waals surface area contributed by atoms with Crippen LogP contribution in [0.15, 0.2) is 12.4 Å². The first-order valence-corrected chi connectivity index (χ1v) is 4.99. The van der Waals surface area contributed by atoms with Crippen LogP contribution >= 0.6 is 0 Å². The van der Waals surface area contributed by atoms with Crippen LogP contribution in [0.2, 0.25) is 0 Å². The molecular weight excluding hydrogens is 226 g/mol. The molecule has 0 saturated carbocycles. The molecule has 1 atom stereocenters. The zero-order valence-electron chi connectivity index (χ0n) is 9.97. The van der Waals surface area contributed by atoms with Crippen molar-refractivity contribution in [1.29, 1.82) is 0 Å². The van der Waals surface area contributed by atoms with Gasteiger partial charge in [-0.2, -0.15) is 5.10 Å². The SMILES string of the molecule is COC(=O)C(COc1cnn(C)c1)NC(C)=O. The highest BCUT2D eigenvalue weighted by atomic mass is 16.5. The molecular formula is C10H15N3O4. The van der Waals surface area contributed by atoms with Crippen molar-refractivity contribution in [2.75, 3.05) is 13.7 Å².